The number of carbonyl (C=O) groups is 1. The van der Waals surface area contributed by atoms with Crippen LogP contribution in [0.15, 0.2) is 54.6 Å². The summed E-state index contributed by atoms with van der Waals surface area (Å²) in [5, 5.41) is 12.1. The van der Waals surface area contributed by atoms with Gasteiger partial charge in [-0.15, -0.1) is 0 Å². The highest BCUT2D eigenvalue weighted by Crippen LogP contribution is 2.25. The summed E-state index contributed by atoms with van der Waals surface area (Å²) in [6.07, 6.45) is 1.45. The van der Waals surface area contributed by atoms with Gasteiger partial charge in [-0.25, -0.2) is 0 Å². The number of nitrogens with one attached hydrogen (secondary N) is 1. The maximum absolute atomic E-state index is 12.0. The summed E-state index contributed by atoms with van der Waals surface area (Å²) in [4.78, 5) is 12.0. The van der Waals surface area contributed by atoms with E-state index in [4.69, 9.17) is 9.47 Å². The van der Waals surface area contributed by atoms with Gasteiger partial charge in [0, 0.05) is 13.2 Å². The molecule has 0 saturated heterocycles. The zero-order valence-corrected chi connectivity index (χ0v) is 14.5. The average Bonchev–Trinajstić information content (AvgIpc) is 2.66. The van der Waals surface area contributed by atoms with Crippen LogP contribution in [-0.2, 0) is 4.79 Å². The highest BCUT2D eigenvalue weighted by Gasteiger charge is 2.12. The Morgan fingerprint density at radius 3 is 2.40 bits per heavy atom. The van der Waals surface area contributed by atoms with Gasteiger partial charge < -0.3 is 19.9 Å². The van der Waals surface area contributed by atoms with E-state index in [-0.39, 0.29) is 25.0 Å². The molecule has 0 radical (unpaired) electrons. The van der Waals surface area contributed by atoms with Crippen molar-refractivity contribution in [2.75, 3.05) is 26.9 Å². The zero-order valence-electron chi connectivity index (χ0n) is 14.5. The molecule has 0 bridgehead atoms. The predicted molar refractivity (Wildman–Crippen MR) is 97.0 cm³/mol. The Hall–Kier alpha value is -2.53. The number of hydrogen-bond donors (Lipinski definition) is 2. The van der Waals surface area contributed by atoms with Crippen molar-refractivity contribution in [3.63, 3.8) is 0 Å². The second-order valence-corrected chi connectivity index (χ2v) is 5.70. The molecule has 0 heterocycles. The summed E-state index contributed by atoms with van der Waals surface area (Å²) < 4.78 is 10.7. The van der Waals surface area contributed by atoms with Crippen LogP contribution in [0.1, 0.15) is 24.3 Å². The molecule has 0 aliphatic rings. The molecule has 2 aromatic carbocycles. The molecule has 134 valence electrons. The van der Waals surface area contributed by atoms with Crippen molar-refractivity contribution in [1.82, 2.24) is 5.32 Å². The molecule has 0 saturated carbocycles. The van der Waals surface area contributed by atoms with E-state index in [1.165, 1.54) is 5.56 Å². The molecule has 0 aromatic heterocycles. The van der Waals surface area contributed by atoms with Gasteiger partial charge in [0.05, 0.1) is 7.11 Å². The number of amides is 1. The predicted octanol–water partition coefficient (Wildman–Crippen LogP) is 2.75. The molecule has 2 N–H and O–H groups in total. The van der Waals surface area contributed by atoms with Gasteiger partial charge in [-0.3, -0.25) is 4.79 Å². The fourth-order valence-corrected chi connectivity index (χ4v) is 2.68. The van der Waals surface area contributed by atoms with Gasteiger partial charge in [0.1, 0.15) is 0 Å². The Morgan fingerprint density at radius 2 is 1.72 bits per heavy atom. The van der Waals surface area contributed by atoms with E-state index in [0.717, 1.165) is 6.42 Å². The van der Waals surface area contributed by atoms with E-state index in [2.05, 4.69) is 5.32 Å². The summed E-state index contributed by atoms with van der Waals surface area (Å²) >= 11 is 0. The molecule has 0 aliphatic heterocycles. The molecular formula is C20H25NO4. The Morgan fingerprint density at radius 1 is 1.04 bits per heavy atom. The topological polar surface area (TPSA) is 67.8 Å². The van der Waals surface area contributed by atoms with Gasteiger partial charge in [0.2, 0.25) is 0 Å². The minimum atomic E-state index is -0.179. The highest BCUT2D eigenvalue weighted by molar-refractivity contribution is 5.77. The van der Waals surface area contributed by atoms with E-state index in [1.807, 2.05) is 42.5 Å². The van der Waals surface area contributed by atoms with Gasteiger partial charge >= 0.3 is 0 Å². The number of carbonyl (C=O) groups excluding carboxylic acids is 1. The number of benzene rings is 2. The summed E-state index contributed by atoms with van der Waals surface area (Å²) in [7, 11) is 1.56. The van der Waals surface area contributed by atoms with Crippen molar-refractivity contribution in [3.8, 4) is 11.5 Å². The van der Waals surface area contributed by atoms with Crippen LogP contribution in [-0.4, -0.2) is 37.9 Å². The van der Waals surface area contributed by atoms with E-state index < -0.39 is 0 Å². The van der Waals surface area contributed by atoms with Gasteiger partial charge in [-0.1, -0.05) is 42.5 Å². The first-order valence-corrected chi connectivity index (χ1v) is 8.43. The maximum atomic E-state index is 12.0. The second kappa shape index (κ2) is 10.4. The summed E-state index contributed by atoms with van der Waals surface area (Å²) in [6.45, 7) is 0.606. The van der Waals surface area contributed by atoms with E-state index in [1.54, 1.807) is 19.2 Å². The Kier molecular flexibility index (Phi) is 7.79. The molecule has 2 rings (SSSR count). The minimum Gasteiger partial charge on any atom is -0.493 e. The summed E-state index contributed by atoms with van der Waals surface area (Å²) in [5.74, 6) is 1.19. The maximum Gasteiger partial charge on any atom is 0.257 e. The van der Waals surface area contributed by atoms with E-state index in [9.17, 15) is 9.90 Å². The van der Waals surface area contributed by atoms with Gasteiger partial charge in [-0.2, -0.15) is 0 Å². The lowest BCUT2D eigenvalue weighted by Gasteiger charge is -2.17. The fourth-order valence-electron chi connectivity index (χ4n) is 2.68. The van der Waals surface area contributed by atoms with Gasteiger partial charge in [0.15, 0.2) is 18.1 Å². The van der Waals surface area contributed by atoms with Crippen LogP contribution in [0.25, 0.3) is 0 Å². The second-order valence-electron chi connectivity index (χ2n) is 5.70. The monoisotopic (exact) mass is 343 g/mol. The molecule has 2 aromatic rings. The van der Waals surface area contributed by atoms with Crippen LogP contribution >= 0.6 is 0 Å². The average molecular weight is 343 g/mol. The Bertz CT molecular complexity index is 645. The first-order chi connectivity index (χ1) is 12.2. The number of aliphatic hydroxyl groups excluding tert-OH is 1. The molecular weight excluding hydrogens is 318 g/mol. The van der Waals surface area contributed by atoms with Crippen molar-refractivity contribution in [3.05, 3.63) is 60.2 Å². The molecule has 0 aliphatic carbocycles. The molecule has 1 atom stereocenters. The number of methoxy groups -OCH3 is 1. The van der Waals surface area contributed by atoms with Crippen LogP contribution in [0.3, 0.4) is 0 Å². The third-order valence-electron chi connectivity index (χ3n) is 3.99. The number of rotatable bonds is 10. The molecule has 5 nitrogen and oxygen atoms in total. The lowest BCUT2D eigenvalue weighted by molar-refractivity contribution is -0.123. The van der Waals surface area contributed by atoms with E-state index in [0.29, 0.717) is 24.5 Å². The van der Waals surface area contributed by atoms with Crippen molar-refractivity contribution in [2.24, 2.45) is 0 Å². The van der Waals surface area contributed by atoms with Crippen molar-refractivity contribution >= 4 is 5.91 Å². The fraction of sp³-hybridized carbons (Fsp3) is 0.350. The van der Waals surface area contributed by atoms with E-state index >= 15 is 0 Å². The third kappa shape index (κ3) is 6.12. The van der Waals surface area contributed by atoms with Crippen LogP contribution < -0.4 is 14.8 Å². The van der Waals surface area contributed by atoms with Gasteiger partial charge in [-0.05, 0) is 36.5 Å². The van der Waals surface area contributed by atoms with Crippen molar-refractivity contribution in [1.29, 1.82) is 0 Å². The van der Waals surface area contributed by atoms with Crippen LogP contribution in [0.5, 0.6) is 11.5 Å². The summed E-state index contributed by atoms with van der Waals surface area (Å²) in [6, 6.07) is 17.3. The van der Waals surface area contributed by atoms with Crippen LogP contribution in [0, 0.1) is 0 Å². The first-order valence-electron chi connectivity index (χ1n) is 8.43. The number of para-hydroxylation sites is 2. The molecule has 5 heteroatoms. The Balaban J connectivity index is 1.77. The Labute approximate surface area is 148 Å². The number of hydrogen-bond acceptors (Lipinski definition) is 4. The third-order valence-corrected chi connectivity index (χ3v) is 3.99. The zero-order chi connectivity index (χ0) is 17.9. The van der Waals surface area contributed by atoms with Crippen LogP contribution in [0.2, 0.25) is 0 Å². The quantitative estimate of drug-likeness (QED) is 0.696. The molecule has 25 heavy (non-hydrogen) atoms. The standard InChI is InChI=1S/C20H25NO4/c1-24-18-9-5-6-10-19(18)25-15-20(23)21-13-11-17(12-14-22)16-7-3-2-4-8-16/h2-10,17,22H,11-15H2,1H3,(H,21,23). The summed E-state index contributed by atoms with van der Waals surface area (Å²) in [5.41, 5.74) is 1.18. The largest absolute Gasteiger partial charge is 0.493 e. The molecule has 0 fully saturated rings. The first kappa shape index (κ1) is 18.8. The SMILES string of the molecule is COc1ccccc1OCC(=O)NCCC(CCO)c1ccccc1. The van der Waals surface area contributed by atoms with Crippen molar-refractivity contribution < 1.29 is 19.4 Å². The van der Waals surface area contributed by atoms with Crippen LogP contribution in [0.4, 0.5) is 0 Å². The lowest BCUT2D eigenvalue weighted by atomic mass is 9.93. The minimum absolute atomic E-state index is 0.0591. The van der Waals surface area contributed by atoms with Crippen molar-refractivity contribution in [2.45, 2.75) is 18.8 Å². The smallest absolute Gasteiger partial charge is 0.257 e. The lowest BCUT2D eigenvalue weighted by Crippen LogP contribution is -2.30. The number of aliphatic hydroxyl groups is 1. The number of ether oxygens (including phenoxy) is 2. The van der Waals surface area contributed by atoms with Gasteiger partial charge in [0.25, 0.3) is 5.91 Å². The normalized spacial score (nSPS) is 11.6. The molecule has 1 amide bonds. The molecule has 0 spiro atoms. The molecule has 1 unspecified atom stereocenters. The highest BCUT2D eigenvalue weighted by atomic mass is 16.5.